The lowest BCUT2D eigenvalue weighted by Gasteiger charge is -2.21. The average Bonchev–Trinajstić information content (AvgIpc) is 1.97. The van der Waals surface area contributed by atoms with Crippen LogP contribution >= 0.6 is 12.6 Å². The molecule has 1 heteroatoms. The van der Waals surface area contributed by atoms with Gasteiger partial charge in [-0.2, -0.15) is 12.6 Å². The van der Waals surface area contributed by atoms with Gasteiger partial charge >= 0.3 is 0 Å². The molecule has 0 saturated heterocycles. The third-order valence-corrected chi connectivity index (χ3v) is 2.39. The molecule has 0 nitrogen and oxygen atoms in total. The Morgan fingerprint density at radius 2 is 2.00 bits per heavy atom. The minimum atomic E-state index is 0.192. The summed E-state index contributed by atoms with van der Waals surface area (Å²) in [5.41, 5.74) is 1.47. The average molecular weight is 184 g/mol. The van der Waals surface area contributed by atoms with E-state index in [2.05, 4.69) is 53.0 Å². The zero-order valence-electron chi connectivity index (χ0n) is 8.59. The van der Waals surface area contributed by atoms with E-state index in [1.54, 1.807) is 0 Å². The van der Waals surface area contributed by atoms with E-state index in [-0.39, 0.29) is 5.41 Å². The van der Waals surface area contributed by atoms with Crippen LogP contribution in [0.4, 0.5) is 0 Å². The fraction of sp³-hybridized carbons (Fsp3) is 0.636. The first-order valence-corrected chi connectivity index (χ1v) is 4.96. The van der Waals surface area contributed by atoms with Gasteiger partial charge < -0.3 is 0 Å². The van der Waals surface area contributed by atoms with Crippen LogP contribution in [0, 0.1) is 5.41 Å². The van der Waals surface area contributed by atoms with E-state index in [0.29, 0.717) is 5.25 Å². The minimum absolute atomic E-state index is 0.192. The van der Waals surface area contributed by atoms with Crippen molar-refractivity contribution in [1.29, 1.82) is 0 Å². The second-order valence-electron chi connectivity index (χ2n) is 4.05. The number of hydrogen-bond acceptors (Lipinski definition) is 1. The summed E-state index contributed by atoms with van der Waals surface area (Å²) in [6.07, 6.45) is 5.19. The van der Waals surface area contributed by atoms with Gasteiger partial charge in [-0.15, -0.1) is 0 Å². The molecule has 0 aliphatic carbocycles. The van der Waals surface area contributed by atoms with E-state index in [0.717, 1.165) is 6.42 Å². The summed E-state index contributed by atoms with van der Waals surface area (Å²) in [4.78, 5) is 0. The summed E-state index contributed by atoms with van der Waals surface area (Å²) in [5, 5.41) is 0.359. The second kappa shape index (κ2) is 4.76. The summed E-state index contributed by atoms with van der Waals surface area (Å²) in [5.74, 6) is 0. The lowest BCUT2D eigenvalue weighted by atomic mass is 9.86. The van der Waals surface area contributed by atoms with Gasteiger partial charge in [-0.3, -0.25) is 0 Å². The van der Waals surface area contributed by atoms with E-state index >= 15 is 0 Å². The largest absolute Gasteiger partial charge is 0.172 e. The molecule has 0 saturated carbocycles. The van der Waals surface area contributed by atoms with Crippen LogP contribution in [0.2, 0.25) is 0 Å². The van der Waals surface area contributed by atoms with Gasteiger partial charge in [0, 0.05) is 5.25 Å². The van der Waals surface area contributed by atoms with Gasteiger partial charge in [-0.1, -0.05) is 46.4 Å². The SMILES string of the molecule is C=C/C(=C\C(S)CC)C(C)(C)C. The Hall–Kier alpha value is -0.170. The zero-order valence-corrected chi connectivity index (χ0v) is 9.49. The maximum Gasteiger partial charge on any atom is 0.0200 e. The summed E-state index contributed by atoms with van der Waals surface area (Å²) in [6.45, 7) is 12.5. The smallest absolute Gasteiger partial charge is 0.0200 e. The molecule has 0 fully saturated rings. The normalized spacial score (nSPS) is 15.9. The second-order valence-corrected chi connectivity index (χ2v) is 4.72. The maximum atomic E-state index is 4.43. The molecule has 0 aliphatic heterocycles. The maximum absolute atomic E-state index is 4.43. The molecular weight excluding hydrogens is 164 g/mol. The molecule has 1 atom stereocenters. The first kappa shape index (κ1) is 11.8. The van der Waals surface area contributed by atoms with Crippen molar-refractivity contribution in [3.05, 3.63) is 24.3 Å². The number of hydrogen-bond donors (Lipinski definition) is 1. The lowest BCUT2D eigenvalue weighted by Crippen LogP contribution is -2.09. The predicted octanol–water partition coefficient (Wildman–Crippen LogP) is 3.85. The standard InChI is InChI=1S/C11H20S/c1-6-9(11(3,4)5)8-10(12)7-2/h6,8,10,12H,1,7H2,2-5H3/b9-8+. The molecular formula is C11H20S. The van der Waals surface area contributed by atoms with E-state index in [1.165, 1.54) is 5.57 Å². The Bertz CT molecular complexity index is 172. The number of thiol groups is 1. The zero-order chi connectivity index (χ0) is 9.78. The molecule has 0 aromatic carbocycles. The lowest BCUT2D eigenvalue weighted by molar-refractivity contribution is 0.515. The number of allylic oxidation sites excluding steroid dienone is 2. The van der Waals surface area contributed by atoms with Crippen molar-refractivity contribution in [2.75, 3.05) is 0 Å². The van der Waals surface area contributed by atoms with Gasteiger partial charge in [0.1, 0.15) is 0 Å². The first-order chi connectivity index (χ1) is 5.41. The highest BCUT2D eigenvalue weighted by atomic mass is 32.1. The van der Waals surface area contributed by atoms with Gasteiger partial charge in [0.15, 0.2) is 0 Å². The van der Waals surface area contributed by atoms with Crippen molar-refractivity contribution in [1.82, 2.24) is 0 Å². The Balaban J connectivity index is 4.55. The van der Waals surface area contributed by atoms with E-state index in [9.17, 15) is 0 Å². The fourth-order valence-corrected chi connectivity index (χ4v) is 1.11. The molecule has 0 spiro atoms. The van der Waals surface area contributed by atoms with Gasteiger partial charge in [0.25, 0.3) is 0 Å². The van der Waals surface area contributed by atoms with Crippen molar-refractivity contribution in [2.45, 2.75) is 39.4 Å². The molecule has 70 valence electrons. The summed E-state index contributed by atoms with van der Waals surface area (Å²) in [7, 11) is 0. The van der Waals surface area contributed by atoms with Gasteiger partial charge in [0.05, 0.1) is 0 Å². The predicted molar refractivity (Wildman–Crippen MR) is 60.8 cm³/mol. The molecule has 0 heterocycles. The van der Waals surface area contributed by atoms with Crippen LogP contribution in [0.25, 0.3) is 0 Å². The van der Waals surface area contributed by atoms with Crippen LogP contribution in [-0.2, 0) is 0 Å². The highest BCUT2D eigenvalue weighted by Crippen LogP contribution is 2.27. The molecule has 0 aromatic heterocycles. The molecule has 1 unspecified atom stereocenters. The van der Waals surface area contributed by atoms with Crippen LogP contribution in [0.15, 0.2) is 24.3 Å². The van der Waals surface area contributed by atoms with Crippen LogP contribution in [-0.4, -0.2) is 5.25 Å². The quantitative estimate of drug-likeness (QED) is 0.500. The minimum Gasteiger partial charge on any atom is -0.172 e. The Labute approximate surface area is 82.2 Å². The van der Waals surface area contributed by atoms with Crippen LogP contribution < -0.4 is 0 Å². The van der Waals surface area contributed by atoms with Gasteiger partial charge in [-0.05, 0) is 17.4 Å². The molecule has 0 radical (unpaired) electrons. The third kappa shape index (κ3) is 4.01. The van der Waals surface area contributed by atoms with Crippen molar-refractivity contribution in [3.63, 3.8) is 0 Å². The van der Waals surface area contributed by atoms with E-state index in [1.807, 2.05) is 6.08 Å². The summed E-state index contributed by atoms with van der Waals surface area (Å²) in [6, 6.07) is 0. The van der Waals surface area contributed by atoms with E-state index in [4.69, 9.17) is 0 Å². The molecule has 0 bridgehead atoms. The van der Waals surface area contributed by atoms with Crippen molar-refractivity contribution >= 4 is 12.6 Å². The van der Waals surface area contributed by atoms with Crippen molar-refractivity contribution in [2.24, 2.45) is 5.41 Å². The van der Waals surface area contributed by atoms with E-state index < -0.39 is 0 Å². The monoisotopic (exact) mass is 184 g/mol. The Morgan fingerprint density at radius 1 is 1.50 bits per heavy atom. The Kier molecular flexibility index (Phi) is 4.69. The van der Waals surface area contributed by atoms with Gasteiger partial charge in [-0.25, -0.2) is 0 Å². The summed E-state index contributed by atoms with van der Waals surface area (Å²) < 4.78 is 0. The van der Waals surface area contributed by atoms with Crippen molar-refractivity contribution in [3.8, 4) is 0 Å². The summed E-state index contributed by atoms with van der Waals surface area (Å²) >= 11 is 4.43. The molecule has 0 rings (SSSR count). The Morgan fingerprint density at radius 3 is 2.25 bits per heavy atom. The molecule has 0 aliphatic rings. The van der Waals surface area contributed by atoms with Crippen LogP contribution in [0.5, 0.6) is 0 Å². The van der Waals surface area contributed by atoms with Crippen LogP contribution in [0.3, 0.4) is 0 Å². The first-order valence-electron chi connectivity index (χ1n) is 4.44. The molecule has 0 N–H and O–H groups in total. The number of rotatable bonds is 3. The highest BCUT2D eigenvalue weighted by Gasteiger charge is 2.14. The van der Waals surface area contributed by atoms with Crippen molar-refractivity contribution < 1.29 is 0 Å². The molecule has 0 amide bonds. The van der Waals surface area contributed by atoms with Crippen LogP contribution in [0.1, 0.15) is 34.1 Å². The van der Waals surface area contributed by atoms with Gasteiger partial charge in [0.2, 0.25) is 0 Å². The third-order valence-electron chi connectivity index (χ3n) is 1.88. The molecule has 0 aromatic rings. The molecule has 12 heavy (non-hydrogen) atoms. The highest BCUT2D eigenvalue weighted by molar-refractivity contribution is 7.81. The fourth-order valence-electron chi connectivity index (χ4n) is 0.949. The topological polar surface area (TPSA) is 0 Å².